The average molecular weight is 191 g/mol. The summed E-state index contributed by atoms with van der Waals surface area (Å²) in [5, 5.41) is 8.60. The fraction of sp³-hybridized carbons (Fsp3) is 0.364. The van der Waals surface area contributed by atoms with Gasteiger partial charge in [0.1, 0.15) is 0 Å². The summed E-state index contributed by atoms with van der Waals surface area (Å²) in [4.78, 5) is 1.25. The molecule has 0 amide bonds. The molecule has 13 heavy (non-hydrogen) atoms. The number of nitrogens with zero attached hydrogens (tertiary/aromatic N) is 1. The summed E-state index contributed by atoms with van der Waals surface area (Å²) in [5.41, 5.74) is 1.27. The van der Waals surface area contributed by atoms with Crippen LogP contribution in [0.5, 0.6) is 0 Å². The molecule has 68 valence electrons. The Hall–Kier alpha value is -0.940. The van der Waals surface area contributed by atoms with Crippen LogP contribution in [-0.2, 0) is 0 Å². The molecule has 1 nitrogen and oxygen atoms in total. The van der Waals surface area contributed by atoms with E-state index in [1.165, 1.54) is 10.5 Å². The van der Waals surface area contributed by atoms with Crippen molar-refractivity contribution in [1.29, 1.82) is 5.26 Å². The second-order valence-corrected chi connectivity index (χ2v) is 4.25. The molecule has 0 N–H and O–H groups in total. The van der Waals surface area contributed by atoms with E-state index < -0.39 is 0 Å². The van der Waals surface area contributed by atoms with Gasteiger partial charge in [0, 0.05) is 10.6 Å². The van der Waals surface area contributed by atoms with Crippen LogP contribution in [0.2, 0.25) is 0 Å². The smallest absolute Gasteiger partial charge is 0.0661 e. The normalized spacial score (nSPS) is 12.1. The lowest BCUT2D eigenvalue weighted by molar-refractivity contribution is 0.864. The molecule has 0 spiro atoms. The minimum Gasteiger partial charge on any atom is -0.198 e. The quantitative estimate of drug-likeness (QED) is 0.685. The Morgan fingerprint density at radius 3 is 2.92 bits per heavy atom. The SMILES string of the molecule is Cc1cccc(SCC(C)C#N)c1. The fourth-order valence-corrected chi connectivity index (χ4v) is 1.92. The van der Waals surface area contributed by atoms with Gasteiger partial charge < -0.3 is 0 Å². The molecule has 0 aliphatic rings. The number of nitriles is 1. The molecule has 2 heteroatoms. The van der Waals surface area contributed by atoms with Crippen molar-refractivity contribution in [1.82, 2.24) is 0 Å². The Balaban J connectivity index is 2.51. The zero-order valence-corrected chi connectivity index (χ0v) is 8.77. The molecule has 0 heterocycles. The molecule has 0 bridgehead atoms. The molecule has 0 aliphatic carbocycles. The van der Waals surface area contributed by atoms with E-state index in [4.69, 9.17) is 5.26 Å². The lowest BCUT2D eigenvalue weighted by atomic mass is 10.2. The molecule has 0 saturated heterocycles. The van der Waals surface area contributed by atoms with Gasteiger partial charge in [-0.05, 0) is 26.0 Å². The van der Waals surface area contributed by atoms with Crippen molar-refractivity contribution in [2.45, 2.75) is 18.7 Å². The number of rotatable bonds is 3. The molecule has 1 atom stereocenters. The van der Waals surface area contributed by atoms with Gasteiger partial charge in [0.15, 0.2) is 0 Å². The van der Waals surface area contributed by atoms with E-state index in [-0.39, 0.29) is 5.92 Å². The third kappa shape index (κ3) is 3.52. The van der Waals surface area contributed by atoms with Crippen LogP contribution < -0.4 is 0 Å². The zero-order valence-electron chi connectivity index (χ0n) is 7.95. The summed E-state index contributed by atoms with van der Waals surface area (Å²) in [6.07, 6.45) is 0. The number of benzene rings is 1. The van der Waals surface area contributed by atoms with Gasteiger partial charge in [-0.3, -0.25) is 0 Å². The molecule has 0 fully saturated rings. The first-order chi connectivity index (χ1) is 6.22. The molecule has 1 unspecified atom stereocenters. The van der Waals surface area contributed by atoms with E-state index in [1.807, 2.05) is 6.92 Å². The second-order valence-electron chi connectivity index (χ2n) is 3.16. The Labute approximate surface area is 83.8 Å². The van der Waals surface area contributed by atoms with E-state index in [1.54, 1.807) is 11.8 Å². The van der Waals surface area contributed by atoms with E-state index in [0.717, 1.165) is 5.75 Å². The Morgan fingerprint density at radius 2 is 2.31 bits per heavy atom. The van der Waals surface area contributed by atoms with Gasteiger partial charge in [0.25, 0.3) is 0 Å². The van der Waals surface area contributed by atoms with Gasteiger partial charge >= 0.3 is 0 Å². The minimum absolute atomic E-state index is 0.130. The predicted molar refractivity (Wildman–Crippen MR) is 56.7 cm³/mol. The highest BCUT2D eigenvalue weighted by molar-refractivity contribution is 7.99. The van der Waals surface area contributed by atoms with Crippen molar-refractivity contribution in [2.75, 3.05) is 5.75 Å². The van der Waals surface area contributed by atoms with Crippen molar-refractivity contribution in [3.63, 3.8) is 0 Å². The van der Waals surface area contributed by atoms with Crippen molar-refractivity contribution in [2.24, 2.45) is 5.92 Å². The second kappa shape index (κ2) is 4.94. The first-order valence-electron chi connectivity index (χ1n) is 4.31. The first-order valence-corrected chi connectivity index (χ1v) is 5.30. The largest absolute Gasteiger partial charge is 0.198 e. The summed E-state index contributed by atoms with van der Waals surface area (Å²) < 4.78 is 0. The third-order valence-corrected chi connectivity index (χ3v) is 2.96. The van der Waals surface area contributed by atoms with Crippen LogP contribution in [0.1, 0.15) is 12.5 Å². The lowest BCUT2D eigenvalue weighted by Gasteiger charge is -2.03. The van der Waals surface area contributed by atoms with Gasteiger partial charge in [-0.15, -0.1) is 11.8 Å². The van der Waals surface area contributed by atoms with Gasteiger partial charge in [0.2, 0.25) is 0 Å². The molecular weight excluding hydrogens is 178 g/mol. The van der Waals surface area contributed by atoms with Gasteiger partial charge in [-0.2, -0.15) is 5.26 Å². The molecular formula is C11H13NS. The van der Waals surface area contributed by atoms with E-state index >= 15 is 0 Å². The predicted octanol–water partition coefficient (Wildman–Crippen LogP) is 3.25. The monoisotopic (exact) mass is 191 g/mol. The van der Waals surface area contributed by atoms with Crippen molar-refractivity contribution in [3.8, 4) is 6.07 Å². The van der Waals surface area contributed by atoms with Crippen LogP contribution in [-0.4, -0.2) is 5.75 Å². The summed E-state index contributed by atoms with van der Waals surface area (Å²) in [6, 6.07) is 10.6. The number of hydrogen-bond acceptors (Lipinski definition) is 2. The van der Waals surface area contributed by atoms with Gasteiger partial charge in [-0.25, -0.2) is 0 Å². The maximum absolute atomic E-state index is 8.60. The Kier molecular flexibility index (Phi) is 3.85. The summed E-state index contributed by atoms with van der Waals surface area (Å²) in [7, 11) is 0. The Morgan fingerprint density at radius 1 is 1.54 bits per heavy atom. The van der Waals surface area contributed by atoms with E-state index in [9.17, 15) is 0 Å². The lowest BCUT2D eigenvalue weighted by Crippen LogP contribution is -1.92. The third-order valence-electron chi connectivity index (χ3n) is 1.71. The average Bonchev–Trinajstić information content (AvgIpc) is 2.14. The summed E-state index contributed by atoms with van der Waals surface area (Å²) >= 11 is 1.74. The maximum atomic E-state index is 8.60. The van der Waals surface area contributed by atoms with Crippen LogP contribution in [0, 0.1) is 24.2 Å². The summed E-state index contributed by atoms with van der Waals surface area (Å²) in [6.45, 7) is 4.03. The number of thioether (sulfide) groups is 1. The van der Waals surface area contributed by atoms with Crippen LogP contribution >= 0.6 is 11.8 Å². The van der Waals surface area contributed by atoms with Crippen LogP contribution in [0.25, 0.3) is 0 Å². The molecule has 0 aromatic heterocycles. The molecule has 0 aliphatic heterocycles. The van der Waals surface area contributed by atoms with Crippen molar-refractivity contribution >= 4 is 11.8 Å². The standard InChI is InChI=1S/C11H13NS/c1-9-4-3-5-11(6-9)13-8-10(2)7-12/h3-6,10H,8H2,1-2H3. The van der Waals surface area contributed by atoms with Gasteiger partial charge in [-0.1, -0.05) is 17.7 Å². The Bertz CT molecular complexity index is 314. The number of hydrogen-bond donors (Lipinski definition) is 0. The summed E-state index contributed by atoms with van der Waals surface area (Å²) in [5.74, 6) is 1.01. The highest BCUT2D eigenvalue weighted by atomic mass is 32.2. The molecule has 1 aromatic rings. The highest BCUT2D eigenvalue weighted by Crippen LogP contribution is 2.20. The van der Waals surface area contributed by atoms with E-state index in [0.29, 0.717) is 0 Å². The van der Waals surface area contributed by atoms with Crippen molar-refractivity contribution in [3.05, 3.63) is 29.8 Å². The van der Waals surface area contributed by atoms with E-state index in [2.05, 4.69) is 37.3 Å². The molecule has 0 radical (unpaired) electrons. The minimum atomic E-state index is 0.130. The highest BCUT2D eigenvalue weighted by Gasteiger charge is 2.00. The molecule has 1 rings (SSSR count). The van der Waals surface area contributed by atoms with Crippen molar-refractivity contribution < 1.29 is 0 Å². The molecule has 0 saturated carbocycles. The van der Waals surface area contributed by atoms with Crippen LogP contribution in [0.15, 0.2) is 29.2 Å². The van der Waals surface area contributed by atoms with Gasteiger partial charge in [0.05, 0.1) is 12.0 Å². The molecule has 1 aromatic carbocycles. The van der Waals surface area contributed by atoms with Crippen LogP contribution in [0.4, 0.5) is 0 Å². The fourth-order valence-electron chi connectivity index (χ4n) is 0.964. The van der Waals surface area contributed by atoms with Crippen LogP contribution in [0.3, 0.4) is 0 Å². The zero-order chi connectivity index (χ0) is 9.68. The maximum Gasteiger partial charge on any atom is 0.0661 e. The number of aryl methyl sites for hydroxylation is 1. The first kappa shape index (κ1) is 10.1. The topological polar surface area (TPSA) is 23.8 Å².